The summed E-state index contributed by atoms with van der Waals surface area (Å²) in [4.78, 5) is 24.4. The van der Waals surface area contributed by atoms with Gasteiger partial charge in [-0.3, -0.25) is 4.79 Å². The summed E-state index contributed by atoms with van der Waals surface area (Å²) in [6.07, 6.45) is 9.24. The van der Waals surface area contributed by atoms with Crippen molar-refractivity contribution in [3.8, 4) is 0 Å². The molecule has 4 aliphatic carbocycles. The van der Waals surface area contributed by atoms with Crippen LogP contribution in [0.4, 0.5) is 0 Å². The molecule has 0 unspecified atom stereocenters. The van der Waals surface area contributed by atoms with Crippen LogP contribution in [0.25, 0.3) is 11.0 Å². The van der Waals surface area contributed by atoms with E-state index in [1.165, 1.54) is 50.9 Å². The maximum atomic E-state index is 12.8. The van der Waals surface area contributed by atoms with Gasteiger partial charge in [0.2, 0.25) is 0 Å². The second-order valence-electron chi connectivity index (χ2n) is 8.76. The average molecular weight is 353 g/mol. The van der Waals surface area contributed by atoms with Gasteiger partial charge >= 0.3 is 5.97 Å². The predicted molar refractivity (Wildman–Crippen MR) is 96.1 cm³/mol. The molecule has 0 radical (unpaired) electrons. The van der Waals surface area contributed by atoms with Crippen molar-refractivity contribution in [1.82, 2.24) is 5.32 Å². The molecule has 1 aromatic heterocycles. The zero-order valence-corrected chi connectivity index (χ0v) is 14.7. The number of hydrogen-bond donors (Lipinski definition) is 2. The van der Waals surface area contributed by atoms with E-state index in [9.17, 15) is 14.7 Å². The van der Waals surface area contributed by atoms with Gasteiger partial charge in [-0.2, -0.15) is 0 Å². The zero-order chi connectivity index (χ0) is 17.9. The monoisotopic (exact) mass is 353 g/mol. The molecule has 0 spiro atoms. The molecule has 1 aromatic carbocycles. The molecule has 1 heterocycles. The maximum absolute atomic E-state index is 12.8. The van der Waals surface area contributed by atoms with Gasteiger partial charge in [0.05, 0.1) is 17.4 Å². The van der Waals surface area contributed by atoms with Crippen molar-refractivity contribution in [3.05, 3.63) is 35.6 Å². The van der Waals surface area contributed by atoms with E-state index in [4.69, 9.17) is 4.42 Å². The summed E-state index contributed by atoms with van der Waals surface area (Å²) >= 11 is 0. The van der Waals surface area contributed by atoms with Crippen molar-refractivity contribution in [2.24, 2.45) is 23.2 Å². The summed E-state index contributed by atoms with van der Waals surface area (Å²) in [5.74, 6) is 1.08. The van der Waals surface area contributed by atoms with Crippen LogP contribution in [0.2, 0.25) is 0 Å². The third kappa shape index (κ3) is 2.52. The number of carboxylic acids is 1. The Morgan fingerprint density at radius 2 is 1.73 bits per heavy atom. The highest BCUT2D eigenvalue weighted by molar-refractivity contribution is 6.08. The fourth-order valence-electron chi connectivity index (χ4n) is 6.24. The van der Waals surface area contributed by atoms with Gasteiger partial charge in [0.25, 0.3) is 5.91 Å². The lowest BCUT2D eigenvalue weighted by Crippen LogP contribution is -2.51. The van der Waals surface area contributed by atoms with Crippen LogP contribution in [-0.4, -0.2) is 23.5 Å². The van der Waals surface area contributed by atoms with Crippen LogP contribution in [-0.2, 0) is 0 Å². The van der Waals surface area contributed by atoms with Gasteiger partial charge < -0.3 is 14.8 Å². The van der Waals surface area contributed by atoms with Crippen LogP contribution < -0.4 is 5.32 Å². The van der Waals surface area contributed by atoms with Crippen molar-refractivity contribution < 1.29 is 19.1 Å². The highest BCUT2D eigenvalue weighted by Crippen LogP contribution is 2.59. The molecule has 4 saturated carbocycles. The first-order valence-electron chi connectivity index (χ1n) is 9.54. The van der Waals surface area contributed by atoms with Crippen LogP contribution in [0.3, 0.4) is 0 Å². The van der Waals surface area contributed by atoms with Crippen molar-refractivity contribution in [3.63, 3.8) is 0 Å². The van der Waals surface area contributed by atoms with E-state index in [1.54, 1.807) is 12.1 Å². The molecule has 26 heavy (non-hydrogen) atoms. The molecule has 0 aliphatic heterocycles. The van der Waals surface area contributed by atoms with Crippen LogP contribution in [0, 0.1) is 23.2 Å². The molecule has 136 valence electrons. The Labute approximate surface area is 151 Å². The summed E-state index contributed by atoms with van der Waals surface area (Å²) in [5.41, 5.74) is 0.976. The van der Waals surface area contributed by atoms with Gasteiger partial charge in [0, 0.05) is 11.9 Å². The zero-order valence-electron chi connectivity index (χ0n) is 14.7. The number of carbonyl (C=O) groups excluding carboxylic acids is 1. The Morgan fingerprint density at radius 1 is 1.08 bits per heavy atom. The first kappa shape index (κ1) is 15.9. The molecule has 5 heteroatoms. The first-order valence-corrected chi connectivity index (χ1v) is 9.54. The smallest absolute Gasteiger partial charge is 0.336 e. The number of carbonyl (C=O) groups is 2. The quantitative estimate of drug-likeness (QED) is 0.868. The fraction of sp³-hybridized carbons (Fsp3) is 0.524. The van der Waals surface area contributed by atoms with E-state index in [-0.39, 0.29) is 22.4 Å². The van der Waals surface area contributed by atoms with E-state index >= 15 is 0 Å². The first-order chi connectivity index (χ1) is 12.5. The summed E-state index contributed by atoms with van der Waals surface area (Å²) in [5, 5.41) is 13.3. The predicted octanol–water partition coefficient (Wildman–Crippen LogP) is 4.08. The number of amides is 1. The molecule has 4 fully saturated rings. The van der Waals surface area contributed by atoms with E-state index in [1.807, 2.05) is 0 Å². The molecule has 4 aliphatic rings. The third-order valence-electron chi connectivity index (χ3n) is 6.86. The standard InChI is InChI=1S/C21H23NO4/c23-19(16-7-18-15(1-2-26-18)6-17(16)20(24)25)22-11-21-8-12-3-13(9-21)5-14(4-12)10-21/h1-2,6-7,12-14H,3-5,8-11H2,(H,22,23)(H,24,25). The highest BCUT2D eigenvalue weighted by Gasteiger charge is 2.50. The van der Waals surface area contributed by atoms with Gasteiger partial charge in [-0.05, 0) is 79.9 Å². The van der Waals surface area contributed by atoms with Crippen molar-refractivity contribution in [2.75, 3.05) is 6.54 Å². The summed E-state index contributed by atoms with van der Waals surface area (Å²) < 4.78 is 5.35. The average Bonchev–Trinajstić information content (AvgIpc) is 3.05. The molecule has 0 atom stereocenters. The lowest BCUT2D eigenvalue weighted by Gasteiger charge is -2.56. The molecule has 0 saturated heterocycles. The number of aromatic carboxylic acids is 1. The largest absolute Gasteiger partial charge is 0.478 e. The van der Waals surface area contributed by atoms with E-state index in [0.29, 0.717) is 17.5 Å². The molecule has 2 aromatic rings. The Hall–Kier alpha value is -2.30. The summed E-state index contributed by atoms with van der Waals surface area (Å²) in [7, 11) is 0. The van der Waals surface area contributed by atoms with Crippen molar-refractivity contribution in [1.29, 1.82) is 0 Å². The summed E-state index contributed by atoms with van der Waals surface area (Å²) in [6.45, 7) is 0.657. The van der Waals surface area contributed by atoms with Gasteiger partial charge in [-0.15, -0.1) is 0 Å². The SMILES string of the molecule is O=C(O)c1cc2ccoc2cc1C(=O)NCC12CC3CC(CC(C3)C1)C2. The molecule has 4 bridgehead atoms. The summed E-state index contributed by atoms with van der Waals surface area (Å²) in [6, 6.07) is 4.77. The van der Waals surface area contributed by atoms with Crippen LogP contribution >= 0.6 is 0 Å². The lowest BCUT2D eigenvalue weighted by molar-refractivity contribution is -0.0503. The molecular weight excluding hydrogens is 330 g/mol. The number of carboxylic acid groups (broad SMARTS) is 1. The van der Waals surface area contributed by atoms with E-state index < -0.39 is 5.97 Å². The van der Waals surface area contributed by atoms with Crippen LogP contribution in [0.1, 0.15) is 59.2 Å². The fourth-order valence-corrected chi connectivity index (χ4v) is 6.24. The van der Waals surface area contributed by atoms with Gasteiger partial charge in [0.1, 0.15) is 5.58 Å². The number of fused-ring (bicyclic) bond motifs is 1. The van der Waals surface area contributed by atoms with Gasteiger partial charge in [0.15, 0.2) is 0 Å². The van der Waals surface area contributed by atoms with Crippen molar-refractivity contribution in [2.45, 2.75) is 38.5 Å². The Kier molecular flexibility index (Phi) is 3.43. The number of furan rings is 1. The maximum Gasteiger partial charge on any atom is 0.336 e. The van der Waals surface area contributed by atoms with Crippen LogP contribution in [0.15, 0.2) is 28.9 Å². The molecule has 2 N–H and O–H groups in total. The van der Waals surface area contributed by atoms with Gasteiger partial charge in [-0.1, -0.05) is 0 Å². The minimum atomic E-state index is -1.09. The van der Waals surface area contributed by atoms with Crippen molar-refractivity contribution >= 4 is 22.8 Å². The number of hydrogen-bond acceptors (Lipinski definition) is 3. The molecule has 1 amide bonds. The number of rotatable bonds is 4. The minimum Gasteiger partial charge on any atom is -0.478 e. The Balaban J connectivity index is 1.38. The Bertz CT molecular complexity index is 861. The van der Waals surface area contributed by atoms with Crippen LogP contribution in [0.5, 0.6) is 0 Å². The minimum absolute atomic E-state index is 0.0295. The molecular formula is C21H23NO4. The lowest BCUT2D eigenvalue weighted by atomic mass is 9.49. The topological polar surface area (TPSA) is 79.5 Å². The highest BCUT2D eigenvalue weighted by atomic mass is 16.4. The Morgan fingerprint density at radius 3 is 2.35 bits per heavy atom. The molecule has 6 rings (SSSR count). The second kappa shape index (κ2) is 5.60. The molecule has 5 nitrogen and oxygen atoms in total. The third-order valence-corrected chi connectivity index (χ3v) is 6.86. The van der Waals surface area contributed by atoms with E-state index in [0.717, 1.165) is 17.8 Å². The van der Waals surface area contributed by atoms with E-state index in [2.05, 4.69) is 5.32 Å². The van der Waals surface area contributed by atoms with Gasteiger partial charge in [-0.25, -0.2) is 4.79 Å². The number of nitrogens with one attached hydrogen (secondary N) is 1. The number of benzene rings is 1. The second-order valence-corrected chi connectivity index (χ2v) is 8.76. The normalized spacial score (nSPS) is 32.1.